The zero-order chi connectivity index (χ0) is 19.7. The first-order valence-electron chi connectivity index (χ1n) is 8.55. The van der Waals surface area contributed by atoms with Gasteiger partial charge in [0.1, 0.15) is 12.2 Å². The maximum Gasteiger partial charge on any atom is 0.336 e. The zero-order valence-corrected chi connectivity index (χ0v) is 16.1. The quantitative estimate of drug-likeness (QED) is 0.251. The van der Waals surface area contributed by atoms with Crippen LogP contribution in [-0.4, -0.2) is 5.97 Å². The largest absolute Gasteiger partial charge is 0.461 e. The Kier molecular flexibility index (Phi) is 5.07. The molecule has 4 aromatic rings. The fourth-order valence-electron chi connectivity index (χ4n) is 3.16. The highest BCUT2D eigenvalue weighted by molar-refractivity contribution is 6.35. The molecule has 0 fully saturated rings. The normalized spacial score (nSPS) is 11.1. The standard InChI is InChI=1S/C22H14Cl2O4/c23-16-7-5-14(18(24)11-16)9-20(25)27-12-15-10-21(26)28-19-8-6-13-3-1-2-4-17(13)22(15)19/h1-8,10-11H,9,12H2. The van der Waals surface area contributed by atoms with Gasteiger partial charge in [-0.05, 0) is 34.5 Å². The summed E-state index contributed by atoms with van der Waals surface area (Å²) in [5, 5.41) is 3.59. The molecule has 0 radical (unpaired) electrons. The highest BCUT2D eigenvalue weighted by Crippen LogP contribution is 2.28. The van der Waals surface area contributed by atoms with Crippen LogP contribution in [0.15, 0.2) is 69.9 Å². The second kappa shape index (κ2) is 7.66. The monoisotopic (exact) mass is 412 g/mol. The van der Waals surface area contributed by atoms with Crippen molar-refractivity contribution in [3.63, 3.8) is 0 Å². The number of benzene rings is 3. The van der Waals surface area contributed by atoms with Crippen LogP contribution >= 0.6 is 23.2 Å². The third-order valence-corrected chi connectivity index (χ3v) is 5.04. The Hall–Kier alpha value is -2.82. The molecule has 0 atom stereocenters. The van der Waals surface area contributed by atoms with Crippen LogP contribution in [0.3, 0.4) is 0 Å². The fraction of sp³-hybridized carbons (Fsp3) is 0.0909. The first-order valence-corrected chi connectivity index (χ1v) is 9.31. The van der Waals surface area contributed by atoms with E-state index in [0.29, 0.717) is 26.8 Å². The van der Waals surface area contributed by atoms with Crippen LogP contribution in [0.5, 0.6) is 0 Å². The Balaban J connectivity index is 1.63. The smallest absolute Gasteiger partial charge is 0.336 e. The average molecular weight is 413 g/mol. The van der Waals surface area contributed by atoms with Gasteiger partial charge in [0.2, 0.25) is 0 Å². The van der Waals surface area contributed by atoms with Gasteiger partial charge in [-0.15, -0.1) is 0 Å². The number of hydrogen-bond acceptors (Lipinski definition) is 4. The van der Waals surface area contributed by atoms with Crippen molar-refractivity contribution in [3.8, 4) is 0 Å². The molecule has 140 valence electrons. The highest BCUT2D eigenvalue weighted by Gasteiger charge is 2.13. The Bertz CT molecular complexity index is 1260. The second-order valence-corrected chi connectivity index (χ2v) is 7.17. The summed E-state index contributed by atoms with van der Waals surface area (Å²) >= 11 is 12.0. The maximum atomic E-state index is 12.3. The van der Waals surface area contributed by atoms with Crippen LogP contribution in [-0.2, 0) is 22.6 Å². The van der Waals surface area contributed by atoms with Gasteiger partial charge in [0, 0.05) is 27.1 Å². The van der Waals surface area contributed by atoms with E-state index < -0.39 is 11.6 Å². The van der Waals surface area contributed by atoms with E-state index in [-0.39, 0.29) is 13.0 Å². The van der Waals surface area contributed by atoms with Crippen LogP contribution in [0.25, 0.3) is 21.7 Å². The van der Waals surface area contributed by atoms with Gasteiger partial charge in [0.15, 0.2) is 0 Å². The predicted molar refractivity (Wildman–Crippen MR) is 110 cm³/mol. The van der Waals surface area contributed by atoms with Gasteiger partial charge < -0.3 is 9.15 Å². The summed E-state index contributed by atoms with van der Waals surface area (Å²) in [5.74, 6) is -0.453. The van der Waals surface area contributed by atoms with Crippen molar-refractivity contribution < 1.29 is 13.9 Å². The van der Waals surface area contributed by atoms with E-state index in [1.165, 1.54) is 6.07 Å². The van der Waals surface area contributed by atoms with Crippen molar-refractivity contribution in [2.24, 2.45) is 0 Å². The van der Waals surface area contributed by atoms with Gasteiger partial charge >= 0.3 is 11.6 Å². The fourth-order valence-corrected chi connectivity index (χ4v) is 3.64. The molecule has 0 spiro atoms. The SMILES string of the molecule is O=C(Cc1ccc(Cl)cc1Cl)OCc1cc(=O)oc2ccc3ccccc3c12. The lowest BCUT2D eigenvalue weighted by Gasteiger charge is -2.10. The molecule has 0 unspecified atom stereocenters. The van der Waals surface area contributed by atoms with E-state index in [0.717, 1.165) is 16.2 Å². The Morgan fingerprint density at radius 3 is 2.61 bits per heavy atom. The Morgan fingerprint density at radius 2 is 1.79 bits per heavy atom. The first-order chi connectivity index (χ1) is 13.5. The summed E-state index contributed by atoms with van der Waals surface area (Å²) in [7, 11) is 0. The molecule has 3 aromatic carbocycles. The lowest BCUT2D eigenvalue weighted by molar-refractivity contribution is -0.144. The lowest BCUT2D eigenvalue weighted by atomic mass is 10.0. The number of ether oxygens (including phenoxy) is 1. The number of rotatable bonds is 4. The van der Waals surface area contributed by atoms with Gasteiger partial charge in [0.25, 0.3) is 0 Å². The van der Waals surface area contributed by atoms with Crippen LogP contribution < -0.4 is 5.63 Å². The topological polar surface area (TPSA) is 56.5 Å². The van der Waals surface area contributed by atoms with Gasteiger partial charge in [-0.25, -0.2) is 4.79 Å². The third kappa shape index (κ3) is 3.75. The lowest BCUT2D eigenvalue weighted by Crippen LogP contribution is -2.10. The Morgan fingerprint density at radius 1 is 0.964 bits per heavy atom. The molecule has 6 heteroatoms. The molecular formula is C22H14Cl2O4. The zero-order valence-electron chi connectivity index (χ0n) is 14.6. The molecule has 4 rings (SSSR count). The second-order valence-electron chi connectivity index (χ2n) is 6.32. The molecular weight excluding hydrogens is 399 g/mol. The molecule has 1 aromatic heterocycles. The molecule has 28 heavy (non-hydrogen) atoms. The van der Waals surface area contributed by atoms with Crippen LogP contribution in [0.4, 0.5) is 0 Å². The van der Waals surface area contributed by atoms with E-state index in [2.05, 4.69) is 0 Å². The summed E-state index contributed by atoms with van der Waals surface area (Å²) < 4.78 is 10.7. The van der Waals surface area contributed by atoms with E-state index in [4.69, 9.17) is 32.4 Å². The molecule has 0 aliphatic rings. The number of hydrogen-bond donors (Lipinski definition) is 0. The average Bonchev–Trinajstić information content (AvgIpc) is 2.68. The minimum Gasteiger partial charge on any atom is -0.461 e. The van der Waals surface area contributed by atoms with E-state index in [1.54, 1.807) is 24.3 Å². The summed E-state index contributed by atoms with van der Waals surface area (Å²) in [6.07, 6.45) is 0.0100. The predicted octanol–water partition coefficient (Wildman–Crippen LogP) is 5.54. The van der Waals surface area contributed by atoms with Crippen molar-refractivity contribution in [3.05, 3.63) is 92.3 Å². The third-order valence-electron chi connectivity index (χ3n) is 4.45. The van der Waals surface area contributed by atoms with E-state index >= 15 is 0 Å². The van der Waals surface area contributed by atoms with Crippen molar-refractivity contribution in [2.75, 3.05) is 0 Å². The number of fused-ring (bicyclic) bond motifs is 3. The molecule has 0 aliphatic carbocycles. The molecule has 0 bridgehead atoms. The first kappa shape index (κ1) is 18.5. The minimum absolute atomic E-state index is 0.0100. The Labute approximate surface area is 170 Å². The molecule has 0 aliphatic heterocycles. The summed E-state index contributed by atoms with van der Waals surface area (Å²) in [6.45, 7) is -0.0415. The molecule has 0 amide bonds. The molecule has 0 N–H and O–H groups in total. The van der Waals surface area contributed by atoms with Gasteiger partial charge in [-0.3, -0.25) is 4.79 Å². The number of carbonyl (C=O) groups excluding carboxylic acids is 1. The van der Waals surface area contributed by atoms with Crippen molar-refractivity contribution in [1.29, 1.82) is 0 Å². The van der Waals surface area contributed by atoms with Crippen LogP contribution in [0.1, 0.15) is 11.1 Å². The highest BCUT2D eigenvalue weighted by atomic mass is 35.5. The number of esters is 1. The van der Waals surface area contributed by atoms with E-state index in [1.807, 2.05) is 30.3 Å². The van der Waals surface area contributed by atoms with Crippen LogP contribution in [0, 0.1) is 0 Å². The summed E-state index contributed by atoms with van der Waals surface area (Å²) in [4.78, 5) is 24.2. The number of halogens is 2. The maximum absolute atomic E-state index is 12.3. The molecule has 1 heterocycles. The summed E-state index contributed by atoms with van der Waals surface area (Å²) in [6, 6.07) is 17.7. The molecule has 0 saturated heterocycles. The van der Waals surface area contributed by atoms with Crippen LogP contribution in [0.2, 0.25) is 10.0 Å². The minimum atomic E-state index is -0.491. The molecule has 0 saturated carbocycles. The van der Waals surface area contributed by atoms with Crippen molar-refractivity contribution in [2.45, 2.75) is 13.0 Å². The molecule has 4 nitrogen and oxygen atoms in total. The van der Waals surface area contributed by atoms with Gasteiger partial charge in [-0.1, -0.05) is 59.6 Å². The number of carbonyl (C=O) groups is 1. The summed E-state index contributed by atoms with van der Waals surface area (Å²) in [5.41, 5.74) is 1.19. The van der Waals surface area contributed by atoms with E-state index in [9.17, 15) is 9.59 Å². The van der Waals surface area contributed by atoms with Gasteiger partial charge in [0.05, 0.1) is 6.42 Å². The van der Waals surface area contributed by atoms with Crippen molar-refractivity contribution >= 4 is 50.9 Å². The van der Waals surface area contributed by atoms with Gasteiger partial charge in [-0.2, -0.15) is 0 Å². The van der Waals surface area contributed by atoms with Crippen molar-refractivity contribution in [1.82, 2.24) is 0 Å².